The molecule has 1 aliphatic rings. The summed E-state index contributed by atoms with van der Waals surface area (Å²) in [5, 5.41) is 20.9. The maximum Gasteiger partial charge on any atom is 0.292 e. The van der Waals surface area contributed by atoms with Crippen LogP contribution in [0.1, 0.15) is 18.4 Å². The summed E-state index contributed by atoms with van der Waals surface area (Å²) in [6.07, 6.45) is 1.71. The van der Waals surface area contributed by atoms with Gasteiger partial charge in [0.1, 0.15) is 5.69 Å². The quantitative estimate of drug-likeness (QED) is 0.369. The summed E-state index contributed by atoms with van der Waals surface area (Å²) in [7, 11) is 0. The second kappa shape index (κ2) is 10.1. The van der Waals surface area contributed by atoms with Crippen LogP contribution in [0.2, 0.25) is 0 Å². The average Bonchev–Trinajstić information content (AvgIpc) is 2.84. The lowest BCUT2D eigenvalue weighted by molar-refractivity contribution is -0.384. The van der Waals surface area contributed by atoms with Crippen molar-refractivity contribution in [3.05, 3.63) is 88.5 Å². The number of rotatable bonds is 7. The Kier molecular flexibility index (Phi) is 6.77. The van der Waals surface area contributed by atoms with Crippen molar-refractivity contribution in [1.82, 2.24) is 5.32 Å². The van der Waals surface area contributed by atoms with Gasteiger partial charge in [0.15, 0.2) is 0 Å². The number of amides is 1. The van der Waals surface area contributed by atoms with E-state index in [0.717, 1.165) is 48.3 Å². The molecule has 0 aromatic heterocycles. The van der Waals surface area contributed by atoms with E-state index < -0.39 is 0 Å². The van der Waals surface area contributed by atoms with Crippen molar-refractivity contribution < 1.29 is 9.72 Å². The zero-order valence-corrected chi connectivity index (χ0v) is 17.7. The molecule has 1 fully saturated rings. The highest BCUT2D eigenvalue weighted by atomic mass is 16.6. The summed E-state index contributed by atoms with van der Waals surface area (Å²) >= 11 is 0. The van der Waals surface area contributed by atoms with Crippen molar-refractivity contribution in [2.75, 3.05) is 23.7 Å². The molecule has 0 bridgehead atoms. The van der Waals surface area contributed by atoms with Crippen LogP contribution in [0.25, 0.3) is 11.1 Å². The first-order valence-corrected chi connectivity index (χ1v) is 10.8. The Balaban J connectivity index is 1.48. The van der Waals surface area contributed by atoms with E-state index in [4.69, 9.17) is 0 Å². The van der Waals surface area contributed by atoms with E-state index in [1.807, 2.05) is 54.6 Å². The molecule has 1 aliphatic heterocycles. The third-order valence-electron chi connectivity index (χ3n) is 5.71. The molecule has 0 unspecified atom stereocenters. The van der Waals surface area contributed by atoms with E-state index in [9.17, 15) is 14.9 Å². The Morgan fingerprint density at radius 3 is 2.34 bits per heavy atom. The van der Waals surface area contributed by atoms with E-state index in [-0.39, 0.29) is 22.4 Å². The number of nitrogens with one attached hydrogen (secondary N) is 3. The predicted octanol–water partition coefficient (Wildman–Crippen LogP) is 4.81. The van der Waals surface area contributed by atoms with E-state index in [0.29, 0.717) is 12.2 Å². The van der Waals surface area contributed by atoms with Crippen molar-refractivity contribution in [2.24, 2.45) is 5.92 Å². The molecule has 1 heterocycles. The standard InChI is InChI=1S/C25H26N4O3/c30-25(20-12-14-26-15-13-20)28-22-9-6-19(7-10-22)21-8-11-24(29(31)32)23(16-21)27-17-18-4-2-1-3-5-18/h1-11,16,20,26-27H,12-15,17H2,(H,28,30). The smallest absolute Gasteiger partial charge is 0.292 e. The average molecular weight is 431 g/mol. The molecule has 7 heteroatoms. The maximum atomic E-state index is 12.4. The Labute approximate surface area is 187 Å². The summed E-state index contributed by atoms with van der Waals surface area (Å²) in [6.45, 7) is 2.24. The molecule has 3 aromatic carbocycles. The number of hydrogen-bond donors (Lipinski definition) is 3. The summed E-state index contributed by atoms with van der Waals surface area (Å²) in [5.74, 6) is 0.103. The SMILES string of the molecule is O=C(Nc1ccc(-c2ccc([N+](=O)[O-])c(NCc3ccccc3)c2)cc1)C1CCNCC1. The molecule has 3 N–H and O–H groups in total. The number of piperidine rings is 1. The van der Waals surface area contributed by atoms with Gasteiger partial charge in [-0.1, -0.05) is 42.5 Å². The Morgan fingerprint density at radius 2 is 1.66 bits per heavy atom. The minimum atomic E-state index is -0.378. The van der Waals surface area contributed by atoms with E-state index >= 15 is 0 Å². The molecule has 0 spiro atoms. The molecule has 32 heavy (non-hydrogen) atoms. The van der Waals surface area contributed by atoms with Crippen molar-refractivity contribution in [3.8, 4) is 11.1 Å². The molecule has 1 amide bonds. The fourth-order valence-corrected chi connectivity index (χ4v) is 3.88. The molecule has 3 aromatic rings. The van der Waals surface area contributed by atoms with Gasteiger partial charge in [-0.05, 0) is 66.9 Å². The topological polar surface area (TPSA) is 96.3 Å². The molecule has 0 radical (unpaired) electrons. The van der Waals surface area contributed by atoms with Crippen LogP contribution in [-0.4, -0.2) is 23.9 Å². The normalized spacial score (nSPS) is 14.0. The highest BCUT2D eigenvalue weighted by Gasteiger charge is 2.21. The maximum absolute atomic E-state index is 12.4. The van der Waals surface area contributed by atoms with Gasteiger partial charge in [-0.25, -0.2) is 0 Å². The second-order valence-corrected chi connectivity index (χ2v) is 7.92. The lowest BCUT2D eigenvalue weighted by Crippen LogP contribution is -2.34. The third kappa shape index (κ3) is 5.31. The van der Waals surface area contributed by atoms with Crippen LogP contribution in [0.4, 0.5) is 17.1 Å². The second-order valence-electron chi connectivity index (χ2n) is 7.92. The summed E-state index contributed by atoms with van der Waals surface area (Å²) in [5.41, 5.74) is 4.09. The van der Waals surface area contributed by atoms with Crippen molar-refractivity contribution in [3.63, 3.8) is 0 Å². The lowest BCUT2D eigenvalue weighted by atomic mass is 9.97. The van der Waals surface area contributed by atoms with Crippen LogP contribution >= 0.6 is 0 Å². The van der Waals surface area contributed by atoms with Crippen LogP contribution in [0, 0.1) is 16.0 Å². The lowest BCUT2D eigenvalue weighted by Gasteiger charge is -2.21. The van der Waals surface area contributed by atoms with E-state index in [1.165, 1.54) is 6.07 Å². The molecule has 0 aliphatic carbocycles. The van der Waals surface area contributed by atoms with Gasteiger partial charge in [0.2, 0.25) is 5.91 Å². The molecule has 1 saturated heterocycles. The van der Waals surface area contributed by atoms with Crippen molar-refractivity contribution in [1.29, 1.82) is 0 Å². The van der Waals surface area contributed by atoms with Crippen LogP contribution in [-0.2, 0) is 11.3 Å². The highest BCUT2D eigenvalue weighted by Crippen LogP contribution is 2.31. The van der Waals surface area contributed by atoms with Gasteiger partial charge in [0.05, 0.1) is 4.92 Å². The van der Waals surface area contributed by atoms with Gasteiger partial charge in [0.25, 0.3) is 5.69 Å². The number of benzene rings is 3. The zero-order chi connectivity index (χ0) is 22.3. The minimum Gasteiger partial charge on any atom is -0.375 e. The van der Waals surface area contributed by atoms with Crippen LogP contribution in [0.15, 0.2) is 72.8 Å². The number of carbonyl (C=O) groups is 1. The van der Waals surface area contributed by atoms with Crippen LogP contribution in [0.5, 0.6) is 0 Å². The zero-order valence-electron chi connectivity index (χ0n) is 17.7. The van der Waals surface area contributed by atoms with Crippen LogP contribution in [0.3, 0.4) is 0 Å². The Bertz CT molecular complexity index is 1080. The Hall–Kier alpha value is -3.71. The fraction of sp³-hybridized carbons (Fsp3) is 0.240. The molecule has 0 saturated carbocycles. The van der Waals surface area contributed by atoms with Crippen LogP contribution < -0.4 is 16.0 Å². The predicted molar refractivity (Wildman–Crippen MR) is 127 cm³/mol. The monoisotopic (exact) mass is 430 g/mol. The number of carbonyl (C=O) groups excluding carboxylic acids is 1. The Morgan fingerprint density at radius 1 is 0.969 bits per heavy atom. The molecule has 4 rings (SSSR count). The first kappa shape index (κ1) is 21.5. The van der Waals surface area contributed by atoms with Gasteiger partial charge < -0.3 is 16.0 Å². The van der Waals surface area contributed by atoms with Gasteiger partial charge in [-0.2, -0.15) is 0 Å². The number of nitrogens with zero attached hydrogens (tertiary/aromatic N) is 1. The van der Waals surface area contributed by atoms with Crippen molar-refractivity contribution >= 4 is 23.0 Å². The number of nitro groups is 1. The summed E-state index contributed by atoms with van der Waals surface area (Å²) in [6, 6.07) is 22.4. The molecule has 0 atom stereocenters. The largest absolute Gasteiger partial charge is 0.375 e. The first-order chi connectivity index (χ1) is 15.6. The highest BCUT2D eigenvalue weighted by molar-refractivity contribution is 5.93. The van der Waals surface area contributed by atoms with Gasteiger partial charge in [-0.15, -0.1) is 0 Å². The first-order valence-electron chi connectivity index (χ1n) is 10.8. The molecule has 7 nitrogen and oxygen atoms in total. The summed E-state index contributed by atoms with van der Waals surface area (Å²) < 4.78 is 0. The number of hydrogen-bond acceptors (Lipinski definition) is 5. The van der Waals surface area contributed by atoms with Gasteiger partial charge >= 0.3 is 0 Å². The van der Waals surface area contributed by atoms with Gasteiger partial charge in [0, 0.05) is 24.2 Å². The molecular weight excluding hydrogens is 404 g/mol. The fourth-order valence-electron chi connectivity index (χ4n) is 3.88. The van der Waals surface area contributed by atoms with E-state index in [1.54, 1.807) is 12.1 Å². The molecular formula is C25H26N4O3. The van der Waals surface area contributed by atoms with Gasteiger partial charge in [-0.3, -0.25) is 14.9 Å². The van der Waals surface area contributed by atoms with E-state index in [2.05, 4.69) is 16.0 Å². The number of nitro benzene ring substituents is 1. The third-order valence-corrected chi connectivity index (χ3v) is 5.71. The summed E-state index contributed by atoms with van der Waals surface area (Å²) in [4.78, 5) is 23.5. The number of anilines is 2. The van der Waals surface area contributed by atoms with Crippen molar-refractivity contribution in [2.45, 2.75) is 19.4 Å². The molecule has 164 valence electrons. The minimum absolute atomic E-state index is 0.0375.